The molecule has 0 spiro atoms. The second-order valence-electron chi connectivity index (χ2n) is 9.50. The van der Waals surface area contributed by atoms with Gasteiger partial charge in [0.25, 0.3) is 5.69 Å². The van der Waals surface area contributed by atoms with Crippen LogP contribution in [0.15, 0.2) is 41.6 Å². The number of ether oxygens (including phenoxy) is 2. The van der Waals surface area contributed by atoms with Crippen molar-refractivity contribution in [2.45, 2.75) is 58.1 Å². The van der Waals surface area contributed by atoms with Gasteiger partial charge in [-0.25, -0.2) is 9.59 Å². The molecule has 3 aliphatic rings. The van der Waals surface area contributed by atoms with E-state index >= 15 is 0 Å². The number of hydrogen-bond donors (Lipinski definition) is 0. The predicted molar refractivity (Wildman–Crippen MR) is 122 cm³/mol. The summed E-state index contributed by atoms with van der Waals surface area (Å²) in [6, 6.07) is 4.43. The number of fused-ring (bicyclic) bond motifs is 1. The van der Waals surface area contributed by atoms with E-state index in [9.17, 15) is 19.7 Å². The number of esters is 1. The van der Waals surface area contributed by atoms with Gasteiger partial charge in [0.05, 0.1) is 10.5 Å². The first-order valence-electron chi connectivity index (χ1n) is 11.3. The Morgan fingerprint density at radius 2 is 1.88 bits per heavy atom. The lowest BCUT2D eigenvalue weighted by Gasteiger charge is -2.42. The SMILES string of the molecule is CC(C)(C)OC(=O)c1ccc(N2CCC(N3C(=O)OCC4=CCCC=C43)CC2)c([N+](=O)[O-])c1. The largest absolute Gasteiger partial charge is 0.456 e. The molecular formula is C24H29N3O6. The molecule has 9 nitrogen and oxygen atoms in total. The molecule has 1 amide bonds. The first kappa shape index (κ1) is 22.8. The zero-order valence-corrected chi connectivity index (χ0v) is 19.2. The normalized spacial score (nSPS) is 19.3. The zero-order chi connectivity index (χ0) is 23.8. The van der Waals surface area contributed by atoms with E-state index in [0.29, 0.717) is 38.2 Å². The minimum Gasteiger partial charge on any atom is -0.456 e. The molecule has 1 aliphatic carbocycles. The van der Waals surface area contributed by atoms with E-state index in [4.69, 9.17) is 9.47 Å². The molecule has 1 aromatic carbocycles. The fourth-order valence-corrected chi connectivity index (χ4v) is 4.52. The number of nitrogens with zero attached hydrogens (tertiary/aromatic N) is 3. The van der Waals surface area contributed by atoms with Gasteiger partial charge in [-0.2, -0.15) is 0 Å². The molecule has 2 heterocycles. The van der Waals surface area contributed by atoms with Crippen LogP contribution in [0.1, 0.15) is 56.8 Å². The zero-order valence-electron chi connectivity index (χ0n) is 19.2. The molecule has 0 bridgehead atoms. The number of carbonyl (C=O) groups is 2. The number of rotatable bonds is 4. The van der Waals surface area contributed by atoms with E-state index in [-0.39, 0.29) is 23.4 Å². The topological polar surface area (TPSA) is 102 Å². The number of piperidine rings is 1. The van der Waals surface area contributed by atoms with Gasteiger partial charge < -0.3 is 14.4 Å². The molecule has 2 fully saturated rings. The monoisotopic (exact) mass is 455 g/mol. The quantitative estimate of drug-likeness (QED) is 0.372. The van der Waals surface area contributed by atoms with Crippen LogP contribution in [0.4, 0.5) is 16.2 Å². The highest BCUT2D eigenvalue weighted by Gasteiger charge is 2.37. The summed E-state index contributed by atoms with van der Waals surface area (Å²) in [6.45, 7) is 6.66. The third-order valence-electron chi connectivity index (χ3n) is 6.01. The molecule has 33 heavy (non-hydrogen) atoms. The van der Waals surface area contributed by atoms with Gasteiger partial charge in [-0.15, -0.1) is 0 Å². The Labute approximate surface area is 192 Å². The highest BCUT2D eigenvalue weighted by Crippen LogP contribution is 2.36. The van der Waals surface area contributed by atoms with Crippen LogP contribution in [-0.4, -0.2) is 53.2 Å². The molecule has 0 saturated carbocycles. The van der Waals surface area contributed by atoms with Crippen molar-refractivity contribution in [3.63, 3.8) is 0 Å². The van der Waals surface area contributed by atoms with Crippen LogP contribution in [0.25, 0.3) is 0 Å². The molecule has 0 unspecified atom stereocenters. The highest BCUT2D eigenvalue weighted by molar-refractivity contribution is 5.91. The fraction of sp³-hybridized carbons (Fsp3) is 0.500. The van der Waals surface area contributed by atoms with Gasteiger partial charge in [-0.3, -0.25) is 15.0 Å². The van der Waals surface area contributed by atoms with Gasteiger partial charge in [-0.1, -0.05) is 12.2 Å². The van der Waals surface area contributed by atoms with Crippen LogP contribution >= 0.6 is 0 Å². The van der Waals surface area contributed by atoms with Crippen molar-refractivity contribution in [3.05, 3.63) is 57.3 Å². The molecule has 2 saturated heterocycles. The van der Waals surface area contributed by atoms with Crippen molar-refractivity contribution in [2.24, 2.45) is 0 Å². The summed E-state index contributed by atoms with van der Waals surface area (Å²) in [5, 5.41) is 11.8. The number of nitro benzene ring substituents is 1. The summed E-state index contributed by atoms with van der Waals surface area (Å²) in [4.78, 5) is 39.9. The summed E-state index contributed by atoms with van der Waals surface area (Å²) in [6.07, 6.45) is 7.06. The molecule has 4 rings (SSSR count). The molecule has 1 aromatic rings. The number of anilines is 1. The summed E-state index contributed by atoms with van der Waals surface area (Å²) >= 11 is 0. The van der Waals surface area contributed by atoms with Crippen LogP contribution in [0.5, 0.6) is 0 Å². The summed E-state index contributed by atoms with van der Waals surface area (Å²) in [5.41, 5.74) is 1.79. The van der Waals surface area contributed by atoms with Crippen molar-refractivity contribution < 1.29 is 24.0 Å². The van der Waals surface area contributed by atoms with E-state index in [1.165, 1.54) is 6.07 Å². The van der Waals surface area contributed by atoms with Crippen molar-refractivity contribution in [3.8, 4) is 0 Å². The van der Waals surface area contributed by atoms with Crippen molar-refractivity contribution in [1.82, 2.24) is 4.90 Å². The van der Waals surface area contributed by atoms with E-state index in [1.54, 1.807) is 37.8 Å². The Balaban J connectivity index is 1.50. The number of allylic oxidation sites excluding steroid dienone is 2. The maximum Gasteiger partial charge on any atom is 0.414 e. The van der Waals surface area contributed by atoms with Gasteiger partial charge in [0.2, 0.25) is 0 Å². The van der Waals surface area contributed by atoms with Gasteiger partial charge in [-0.05, 0) is 58.6 Å². The van der Waals surface area contributed by atoms with E-state index in [0.717, 1.165) is 24.1 Å². The third-order valence-corrected chi connectivity index (χ3v) is 6.01. The van der Waals surface area contributed by atoms with E-state index in [2.05, 4.69) is 12.2 Å². The Morgan fingerprint density at radius 3 is 2.55 bits per heavy atom. The van der Waals surface area contributed by atoms with Crippen LogP contribution < -0.4 is 4.90 Å². The molecule has 176 valence electrons. The Morgan fingerprint density at radius 1 is 1.18 bits per heavy atom. The summed E-state index contributed by atoms with van der Waals surface area (Å²) in [5.74, 6) is -0.593. The van der Waals surface area contributed by atoms with Gasteiger partial charge in [0.1, 0.15) is 17.9 Å². The third kappa shape index (κ3) is 4.86. The number of carbonyl (C=O) groups excluding carboxylic acids is 2. The van der Waals surface area contributed by atoms with Gasteiger partial charge >= 0.3 is 12.1 Å². The number of hydrogen-bond acceptors (Lipinski definition) is 7. The molecule has 2 aliphatic heterocycles. The number of amides is 1. The number of cyclic esters (lactones) is 1. The fourth-order valence-electron chi connectivity index (χ4n) is 4.52. The van der Waals surface area contributed by atoms with Crippen molar-refractivity contribution >= 4 is 23.4 Å². The number of benzene rings is 1. The van der Waals surface area contributed by atoms with Crippen LogP contribution in [0, 0.1) is 10.1 Å². The minimum absolute atomic E-state index is 0.0260. The lowest BCUT2D eigenvalue weighted by atomic mass is 9.96. The highest BCUT2D eigenvalue weighted by atomic mass is 16.6. The molecule has 9 heteroatoms. The molecular weight excluding hydrogens is 426 g/mol. The Kier molecular flexibility index (Phi) is 6.14. The van der Waals surface area contributed by atoms with Crippen LogP contribution in [0.2, 0.25) is 0 Å². The first-order valence-corrected chi connectivity index (χ1v) is 11.3. The minimum atomic E-state index is -0.690. The number of nitro groups is 1. The average Bonchev–Trinajstić information content (AvgIpc) is 2.77. The standard InChI is InChI=1S/C24H29N3O6/c1-24(2,3)33-22(28)16-8-9-20(21(14-16)27(30)31)25-12-10-18(11-13-25)26-19-7-5-4-6-17(19)15-32-23(26)29/h6-9,14,18H,4-5,10-13,15H2,1-3H3. The van der Waals surface area contributed by atoms with E-state index in [1.807, 2.05) is 4.90 Å². The Hall–Kier alpha value is -3.36. The Bertz CT molecular complexity index is 1030. The second-order valence-corrected chi connectivity index (χ2v) is 9.50. The maximum absolute atomic E-state index is 12.5. The summed E-state index contributed by atoms with van der Waals surface area (Å²) < 4.78 is 10.7. The smallest absolute Gasteiger partial charge is 0.414 e. The van der Waals surface area contributed by atoms with Crippen molar-refractivity contribution in [1.29, 1.82) is 0 Å². The molecule has 0 radical (unpaired) electrons. The second kappa shape index (κ2) is 8.88. The molecule has 0 aromatic heterocycles. The summed E-state index contributed by atoms with van der Waals surface area (Å²) in [7, 11) is 0. The molecule has 0 atom stereocenters. The molecule has 0 N–H and O–H groups in total. The average molecular weight is 456 g/mol. The first-order chi connectivity index (χ1) is 15.6. The lowest BCUT2D eigenvalue weighted by molar-refractivity contribution is -0.384. The van der Waals surface area contributed by atoms with Crippen LogP contribution in [-0.2, 0) is 9.47 Å². The van der Waals surface area contributed by atoms with E-state index < -0.39 is 16.5 Å². The predicted octanol–water partition coefficient (Wildman–Crippen LogP) is 4.58. The lowest BCUT2D eigenvalue weighted by Crippen LogP contribution is -2.49. The van der Waals surface area contributed by atoms with Gasteiger partial charge in [0, 0.05) is 36.5 Å². The van der Waals surface area contributed by atoms with Gasteiger partial charge in [0.15, 0.2) is 0 Å². The van der Waals surface area contributed by atoms with Crippen LogP contribution in [0.3, 0.4) is 0 Å². The maximum atomic E-state index is 12.5. The van der Waals surface area contributed by atoms with Crippen molar-refractivity contribution in [2.75, 3.05) is 24.6 Å².